The molecular weight excluding hydrogens is 283 g/mol. The summed E-state index contributed by atoms with van der Waals surface area (Å²) in [6.07, 6.45) is 1.28. The Kier molecular flexibility index (Phi) is 5.31. The first kappa shape index (κ1) is 12.7. The first-order valence-corrected chi connectivity index (χ1v) is 5.45. The van der Waals surface area contributed by atoms with Gasteiger partial charge < -0.3 is 14.8 Å². The molecule has 0 saturated heterocycles. The summed E-state index contributed by atoms with van der Waals surface area (Å²) in [5.41, 5.74) is 0. The number of hydrogen-bond acceptors (Lipinski definition) is 4. The van der Waals surface area contributed by atoms with Gasteiger partial charge in [-0.25, -0.2) is 4.98 Å². The molecule has 1 heterocycles. The van der Waals surface area contributed by atoms with Gasteiger partial charge in [0.05, 0.1) is 16.0 Å². The summed E-state index contributed by atoms with van der Waals surface area (Å²) in [5.74, 6) is 0.707. The molecule has 1 aromatic rings. The van der Waals surface area contributed by atoms with Crippen molar-refractivity contribution in [2.24, 2.45) is 0 Å². The second-order valence-electron chi connectivity index (χ2n) is 2.77. The smallest absolute Gasteiger partial charge is 0.173 e. The monoisotopic (exact) mass is 294 g/mol. The van der Waals surface area contributed by atoms with Crippen LogP contribution in [0.4, 0.5) is 5.82 Å². The zero-order chi connectivity index (χ0) is 11.3. The molecule has 0 aromatic carbocycles. The Morgan fingerprint density at radius 2 is 2.20 bits per heavy atom. The maximum atomic E-state index is 5.76. The summed E-state index contributed by atoms with van der Waals surface area (Å²) in [5, 5.41) is 3.66. The van der Waals surface area contributed by atoms with Crippen molar-refractivity contribution in [3.8, 4) is 0 Å². The maximum Gasteiger partial charge on any atom is 0.173 e. The minimum absolute atomic E-state index is 0.297. The van der Waals surface area contributed by atoms with Crippen LogP contribution in [0, 0.1) is 0 Å². The first-order valence-electron chi connectivity index (χ1n) is 4.28. The second kappa shape index (κ2) is 6.27. The summed E-state index contributed by atoms with van der Waals surface area (Å²) in [7, 11) is 3.17. The van der Waals surface area contributed by atoms with Crippen LogP contribution in [-0.2, 0) is 9.47 Å². The van der Waals surface area contributed by atoms with Gasteiger partial charge in [-0.05, 0) is 22.0 Å². The highest BCUT2D eigenvalue weighted by Crippen LogP contribution is 2.22. The van der Waals surface area contributed by atoms with E-state index in [4.69, 9.17) is 21.1 Å². The summed E-state index contributed by atoms with van der Waals surface area (Å²) in [6.45, 7) is 0.514. The number of nitrogens with zero attached hydrogens (tertiary/aromatic N) is 1. The SMILES string of the molecule is COC(CNc1ncc(Cl)cc1Br)OC. The molecule has 0 bridgehead atoms. The van der Waals surface area contributed by atoms with Gasteiger partial charge in [0.1, 0.15) is 5.82 Å². The highest BCUT2D eigenvalue weighted by Gasteiger charge is 2.07. The highest BCUT2D eigenvalue weighted by atomic mass is 79.9. The molecule has 0 aliphatic rings. The molecule has 0 fully saturated rings. The predicted molar refractivity (Wildman–Crippen MR) is 63.2 cm³/mol. The van der Waals surface area contributed by atoms with Crippen molar-refractivity contribution in [2.45, 2.75) is 6.29 Å². The molecule has 0 aliphatic carbocycles. The van der Waals surface area contributed by atoms with Crippen LogP contribution in [0.15, 0.2) is 16.7 Å². The molecule has 0 saturated carbocycles. The zero-order valence-electron chi connectivity index (χ0n) is 8.46. The van der Waals surface area contributed by atoms with Crippen LogP contribution in [0.1, 0.15) is 0 Å². The Hall–Kier alpha value is -0.360. The Morgan fingerprint density at radius 3 is 2.73 bits per heavy atom. The van der Waals surface area contributed by atoms with Gasteiger partial charge in [0, 0.05) is 20.4 Å². The van der Waals surface area contributed by atoms with Crippen LogP contribution >= 0.6 is 27.5 Å². The number of pyridine rings is 1. The molecule has 15 heavy (non-hydrogen) atoms. The lowest BCUT2D eigenvalue weighted by atomic mass is 10.4. The molecule has 4 nitrogen and oxygen atoms in total. The van der Waals surface area contributed by atoms with E-state index in [0.29, 0.717) is 17.4 Å². The van der Waals surface area contributed by atoms with Crippen LogP contribution in [0.5, 0.6) is 0 Å². The molecule has 1 N–H and O–H groups in total. The quantitative estimate of drug-likeness (QED) is 0.848. The van der Waals surface area contributed by atoms with Crippen LogP contribution in [0.25, 0.3) is 0 Å². The van der Waals surface area contributed by atoms with E-state index in [1.807, 2.05) is 0 Å². The summed E-state index contributed by atoms with van der Waals surface area (Å²) in [6, 6.07) is 1.77. The van der Waals surface area contributed by atoms with E-state index in [9.17, 15) is 0 Å². The summed E-state index contributed by atoms with van der Waals surface area (Å²) in [4.78, 5) is 4.12. The number of hydrogen-bond donors (Lipinski definition) is 1. The molecule has 0 aliphatic heterocycles. The number of nitrogens with one attached hydrogen (secondary N) is 1. The number of anilines is 1. The molecule has 1 rings (SSSR count). The number of methoxy groups -OCH3 is 2. The Labute approximate surface area is 102 Å². The van der Waals surface area contributed by atoms with Gasteiger partial charge in [-0.2, -0.15) is 0 Å². The fourth-order valence-corrected chi connectivity index (χ4v) is 1.77. The third-order valence-electron chi connectivity index (χ3n) is 1.77. The molecule has 0 amide bonds. The third kappa shape index (κ3) is 3.95. The van der Waals surface area contributed by atoms with Gasteiger partial charge in [0.15, 0.2) is 6.29 Å². The minimum Gasteiger partial charge on any atom is -0.364 e. The Bertz CT molecular complexity index is 321. The summed E-state index contributed by atoms with van der Waals surface area (Å²) >= 11 is 9.11. The lowest BCUT2D eigenvalue weighted by Crippen LogP contribution is -2.24. The van der Waals surface area contributed by atoms with E-state index in [1.54, 1.807) is 26.5 Å². The van der Waals surface area contributed by atoms with Crippen molar-refractivity contribution >= 4 is 33.3 Å². The highest BCUT2D eigenvalue weighted by molar-refractivity contribution is 9.10. The van der Waals surface area contributed by atoms with Crippen LogP contribution < -0.4 is 5.32 Å². The summed E-state index contributed by atoms with van der Waals surface area (Å²) < 4.78 is 10.9. The fraction of sp³-hybridized carbons (Fsp3) is 0.444. The lowest BCUT2D eigenvalue weighted by Gasteiger charge is -2.15. The van der Waals surface area contributed by atoms with E-state index < -0.39 is 0 Å². The topological polar surface area (TPSA) is 43.4 Å². The van der Waals surface area contributed by atoms with E-state index in [0.717, 1.165) is 4.47 Å². The first-order chi connectivity index (χ1) is 7.17. The van der Waals surface area contributed by atoms with Gasteiger partial charge in [0.25, 0.3) is 0 Å². The number of rotatable bonds is 5. The van der Waals surface area contributed by atoms with Crippen LogP contribution in [0.3, 0.4) is 0 Å². The fourth-order valence-electron chi connectivity index (χ4n) is 0.988. The molecule has 0 spiro atoms. The lowest BCUT2D eigenvalue weighted by molar-refractivity contribution is -0.0914. The number of ether oxygens (including phenoxy) is 2. The molecular formula is C9H12BrClN2O2. The van der Waals surface area contributed by atoms with Gasteiger partial charge in [-0.3, -0.25) is 0 Å². The van der Waals surface area contributed by atoms with E-state index in [2.05, 4.69) is 26.2 Å². The third-order valence-corrected chi connectivity index (χ3v) is 2.58. The van der Waals surface area contributed by atoms with Crippen molar-refractivity contribution in [2.75, 3.05) is 26.1 Å². The largest absolute Gasteiger partial charge is 0.364 e. The molecule has 84 valence electrons. The number of halogens is 2. The zero-order valence-corrected chi connectivity index (χ0v) is 10.8. The molecule has 1 aromatic heterocycles. The average molecular weight is 296 g/mol. The van der Waals surface area contributed by atoms with Crippen molar-refractivity contribution in [3.05, 3.63) is 21.8 Å². The predicted octanol–water partition coefficient (Wildman–Crippen LogP) is 2.53. The van der Waals surface area contributed by atoms with Crippen LogP contribution in [0.2, 0.25) is 5.02 Å². The Balaban J connectivity index is 2.57. The van der Waals surface area contributed by atoms with Gasteiger partial charge >= 0.3 is 0 Å². The van der Waals surface area contributed by atoms with Gasteiger partial charge in [-0.1, -0.05) is 11.6 Å². The Morgan fingerprint density at radius 1 is 1.53 bits per heavy atom. The molecule has 0 atom stereocenters. The van der Waals surface area contributed by atoms with Crippen molar-refractivity contribution < 1.29 is 9.47 Å². The van der Waals surface area contributed by atoms with Crippen molar-refractivity contribution in [3.63, 3.8) is 0 Å². The van der Waals surface area contributed by atoms with Crippen LogP contribution in [-0.4, -0.2) is 32.0 Å². The standard InChI is InChI=1S/C9H12BrClN2O2/c1-14-8(15-2)5-13-9-7(10)3-6(11)4-12-9/h3-4,8H,5H2,1-2H3,(H,12,13). The van der Waals surface area contributed by atoms with E-state index >= 15 is 0 Å². The molecule has 6 heteroatoms. The van der Waals surface area contributed by atoms with Gasteiger partial charge in [-0.15, -0.1) is 0 Å². The number of aromatic nitrogens is 1. The van der Waals surface area contributed by atoms with Crippen molar-refractivity contribution in [1.82, 2.24) is 4.98 Å². The van der Waals surface area contributed by atoms with E-state index in [1.165, 1.54) is 0 Å². The second-order valence-corrected chi connectivity index (χ2v) is 4.06. The average Bonchev–Trinajstić information content (AvgIpc) is 2.22. The maximum absolute atomic E-state index is 5.76. The minimum atomic E-state index is -0.297. The normalized spacial score (nSPS) is 10.7. The van der Waals surface area contributed by atoms with E-state index in [-0.39, 0.29) is 6.29 Å². The van der Waals surface area contributed by atoms with Crippen molar-refractivity contribution in [1.29, 1.82) is 0 Å². The van der Waals surface area contributed by atoms with Gasteiger partial charge in [0.2, 0.25) is 0 Å². The molecule has 0 radical (unpaired) electrons. The molecule has 0 unspecified atom stereocenters.